The van der Waals surface area contributed by atoms with E-state index in [0.717, 1.165) is 16.9 Å². The van der Waals surface area contributed by atoms with E-state index in [1.54, 1.807) is 7.05 Å². The quantitative estimate of drug-likeness (QED) is 0.806. The summed E-state index contributed by atoms with van der Waals surface area (Å²) in [6, 6.07) is 5.74. The molecule has 1 aromatic heterocycles. The van der Waals surface area contributed by atoms with Crippen LogP contribution in [0.1, 0.15) is 17.0 Å². The molecule has 19 heavy (non-hydrogen) atoms. The standard InChI is InChI=1S/C13H15N5O/c1-10-8-11(4-3-7-14)5-6-12(10)19-9-13-15-17-18(2)16-13/h5-6,8H,7,9,14H2,1-2H3. The summed E-state index contributed by atoms with van der Waals surface area (Å²) in [5.74, 6) is 7.13. The lowest BCUT2D eigenvalue weighted by Gasteiger charge is -2.07. The van der Waals surface area contributed by atoms with Gasteiger partial charge in [-0.15, -0.1) is 10.2 Å². The second kappa shape index (κ2) is 5.98. The number of aromatic nitrogens is 4. The van der Waals surface area contributed by atoms with Crippen molar-refractivity contribution in [3.05, 3.63) is 35.2 Å². The van der Waals surface area contributed by atoms with Crippen molar-refractivity contribution < 1.29 is 4.74 Å². The number of hydrogen-bond acceptors (Lipinski definition) is 5. The summed E-state index contributed by atoms with van der Waals surface area (Å²) in [7, 11) is 1.71. The van der Waals surface area contributed by atoms with Gasteiger partial charge in [0.2, 0.25) is 5.82 Å². The van der Waals surface area contributed by atoms with E-state index in [-0.39, 0.29) is 0 Å². The van der Waals surface area contributed by atoms with Gasteiger partial charge in [-0.25, -0.2) is 0 Å². The van der Waals surface area contributed by atoms with E-state index in [9.17, 15) is 0 Å². The van der Waals surface area contributed by atoms with Gasteiger partial charge in [0.15, 0.2) is 6.61 Å². The Kier molecular flexibility index (Phi) is 4.11. The third kappa shape index (κ3) is 3.53. The molecule has 0 radical (unpaired) electrons. The Bertz CT molecular complexity index is 623. The van der Waals surface area contributed by atoms with Gasteiger partial charge < -0.3 is 10.5 Å². The predicted octanol–water partition coefficient (Wildman–Crippen LogP) is 0.408. The summed E-state index contributed by atoms with van der Waals surface area (Å²) in [6.45, 7) is 2.62. The number of aryl methyl sites for hydroxylation is 2. The fourth-order valence-electron chi connectivity index (χ4n) is 1.57. The molecule has 0 saturated heterocycles. The van der Waals surface area contributed by atoms with Gasteiger partial charge in [0, 0.05) is 5.56 Å². The summed E-state index contributed by atoms with van der Waals surface area (Å²) in [4.78, 5) is 1.40. The van der Waals surface area contributed by atoms with Crippen LogP contribution in [0.15, 0.2) is 18.2 Å². The second-order valence-corrected chi connectivity index (χ2v) is 3.97. The lowest BCUT2D eigenvalue weighted by atomic mass is 10.1. The molecule has 0 aliphatic heterocycles. The minimum Gasteiger partial charge on any atom is -0.485 e. The maximum atomic E-state index is 5.64. The summed E-state index contributed by atoms with van der Waals surface area (Å²) in [5, 5.41) is 11.7. The van der Waals surface area contributed by atoms with Crippen molar-refractivity contribution in [2.75, 3.05) is 6.54 Å². The van der Waals surface area contributed by atoms with Crippen molar-refractivity contribution in [3.8, 4) is 17.6 Å². The van der Waals surface area contributed by atoms with Crippen LogP contribution in [0.4, 0.5) is 0 Å². The van der Waals surface area contributed by atoms with E-state index in [4.69, 9.17) is 10.5 Å². The SMILES string of the molecule is Cc1cc(C#CCN)ccc1OCc1nnn(C)n1. The van der Waals surface area contributed by atoms with Crippen molar-refractivity contribution in [1.29, 1.82) is 0 Å². The highest BCUT2D eigenvalue weighted by molar-refractivity contribution is 5.43. The first-order valence-electron chi connectivity index (χ1n) is 5.84. The van der Waals surface area contributed by atoms with E-state index >= 15 is 0 Å². The molecule has 2 N–H and O–H groups in total. The highest BCUT2D eigenvalue weighted by atomic mass is 16.5. The molecule has 0 bridgehead atoms. The summed E-state index contributed by atoms with van der Waals surface area (Å²) < 4.78 is 5.64. The summed E-state index contributed by atoms with van der Waals surface area (Å²) in [5.41, 5.74) is 7.27. The maximum absolute atomic E-state index is 5.64. The topological polar surface area (TPSA) is 78.9 Å². The predicted molar refractivity (Wildman–Crippen MR) is 70.2 cm³/mol. The number of nitrogens with two attached hydrogens (primary N) is 1. The van der Waals surface area contributed by atoms with Crippen molar-refractivity contribution in [1.82, 2.24) is 20.2 Å². The Balaban J connectivity index is 2.05. The smallest absolute Gasteiger partial charge is 0.212 e. The van der Waals surface area contributed by atoms with Crippen molar-refractivity contribution in [2.24, 2.45) is 12.8 Å². The van der Waals surface area contributed by atoms with Gasteiger partial charge >= 0.3 is 0 Å². The van der Waals surface area contributed by atoms with Gasteiger partial charge in [0.25, 0.3) is 0 Å². The molecule has 0 atom stereocenters. The molecule has 0 fully saturated rings. The zero-order valence-corrected chi connectivity index (χ0v) is 10.9. The number of ether oxygens (including phenoxy) is 1. The molecule has 1 heterocycles. The Labute approximate surface area is 111 Å². The molecule has 2 aromatic rings. The zero-order valence-electron chi connectivity index (χ0n) is 10.9. The molecule has 2 rings (SSSR count). The van der Waals surface area contributed by atoms with Crippen LogP contribution < -0.4 is 10.5 Å². The van der Waals surface area contributed by atoms with Crippen LogP contribution in [0, 0.1) is 18.8 Å². The lowest BCUT2D eigenvalue weighted by Crippen LogP contribution is -2.00. The van der Waals surface area contributed by atoms with Gasteiger partial charge in [-0.05, 0) is 35.9 Å². The van der Waals surface area contributed by atoms with Crippen LogP contribution in [-0.2, 0) is 13.7 Å². The lowest BCUT2D eigenvalue weighted by molar-refractivity contribution is 0.293. The molecule has 0 aliphatic carbocycles. The molecule has 0 amide bonds. The average Bonchev–Trinajstić information content (AvgIpc) is 2.81. The number of hydrogen-bond donors (Lipinski definition) is 1. The van der Waals surface area contributed by atoms with Gasteiger partial charge in [0.05, 0.1) is 13.6 Å². The minimum atomic E-state index is 0.294. The number of nitrogens with zero attached hydrogens (tertiary/aromatic N) is 4. The summed E-state index contributed by atoms with van der Waals surface area (Å²) >= 11 is 0. The number of tetrazole rings is 1. The van der Waals surface area contributed by atoms with Crippen LogP contribution in [0.3, 0.4) is 0 Å². The first-order valence-corrected chi connectivity index (χ1v) is 5.84. The van der Waals surface area contributed by atoms with Crippen LogP contribution >= 0.6 is 0 Å². The van der Waals surface area contributed by atoms with E-state index < -0.39 is 0 Å². The Morgan fingerprint density at radius 2 is 2.26 bits per heavy atom. The Morgan fingerprint density at radius 3 is 2.89 bits per heavy atom. The minimum absolute atomic E-state index is 0.294. The van der Waals surface area contributed by atoms with Crippen molar-refractivity contribution in [3.63, 3.8) is 0 Å². The first-order chi connectivity index (χ1) is 9.19. The Hall–Kier alpha value is -2.39. The first kappa shape index (κ1) is 13.1. The zero-order chi connectivity index (χ0) is 13.7. The van der Waals surface area contributed by atoms with Crippen LogP contribution in [0.25, 0.3) is 0 Å². The highest BCUT2D eigenvalue weighted by Crippen LogP contribution is 2.19. The van der Waals surface area contributed by atoms with Gasteiger partial charge in [-0.1, -0.05) is 11.8 Å². The van der Waals surface area contributed by atoms with E-state index in [1.165, 1.54) is 4.80 Å². The van der Waals surface area contributed by atoms with E-state index in [0.29, 0.717) is 19.0 Å². The highest BCUT2D eigenvalue weighted by Gasteiger charge is 2.04. The molecular weight excluding hydrogens is 242 g/mol. The number of benzene rings is 1. The third-order valence-electron chi connectivity index (χ3n) is 2.42. The van der Waals surface area contributed by atoms with E-state index in [2.05, 4.69) is 27.3 Å². The fourth-order valence-corrected chi connectivity index (χ4v) is 1.57. The molecule has 0 unspecified atom stereocenters. The molecule has 98 valence electrons. The largest absolute Gasteiger partial charge is 0.485 e. The van der Waals surface area contributed by atoms with Gasteiger partial charge in [-0.2, -0.15) is 4.80 Å². The van der Waals surface area contributed by atoms with E-state index in [1.807, 2.05) is 25.1 Å². The van der Waals surface area contributed by atoms with Crippen LogP contribution in [0.5, 0.6) is 5.75 Å². The molecule has 0 aliphatic rings. The molecule has 6 heteroatoms. The monoisotopic (exact) mass is 257 g/mol. The normalized spacial score (nSPS) is 9.84. The summed E-state index contributed by atoms with van der Waals surface area (Å²) in [6.07, 6.45) is 0. The molecular formula is C13H15N5O. The van der Waals surface area contributed by atoms with Crippen molar-refractivity contribution >= 4 is 0 Å². The average molecular weight is 257 g/mol. The van der Waals surface area contributed by atoms with Crippen LogP contribution in [0.2, 0.25) is 0 Å². The van der Waals surface area contributed by atoms with Gasteiger partial charge in [-0.3, -0.25) is 0 Å². The molecule has 0 spiro atoms. The molecule has 1 aromatic carbocycles. The fraction of sp³-hybridized carbons (Fsp3) is 0.308. The molecule has 0 saturated carbocycles. The van der Waals surface area contributed by atoms with Crippen molar-refractivity contribution in [2.45, 2.75) is 13.5 Å². The van der Waals surface area contributed by atoms with Crippen LogP contribution in [-0.4, -0.2) is 26.8 Å². The number of rotatable bonds is 3. The second-order valence-electron chi connectivity index (χ2n) is 3.97. The third-order valence-corrected chi connectivity index (χ3v) is 2.42. The maximum Gasteiger partial charge on any atom is 0.212 e. The van der Waals surface area contributed by atoms with Gasteiger partial charge in [0.1, 0.15) is 5.75 Å². The Morgan fingerprint density at radius 1 is 1.42 bits per heavy atom. The molecule has 6 nitrogen and oxygen atoms in total.